The van der Waals surface area contributed by atoms with Crippen LogP contribution in [0.4, 0.5) is 5.69 Å². The highest BCUT2D eigenvalue weighted by atomic mass is 14.6. The third-order valence-corrected chi connectivity index (χ3v) is 6.11. The van der Waals surface area contributed by atoms with E-state index in [1.165, 1.54) is 44.5 Å². The highest BCUT2D eigenvalue weighted by molar-refractivity contribution is 5.95. The Kier molecular flexibility index (Phi) is 2.67. The van der Waals surface area contributed by atoms with E-state index in [1.54, 1.807) is 0 Å². The van der Waals surface area contributed by atoms with Gasteiger partial charge in [-0.25, -0.2) is 4.85 Å². The molecule has 0 radical (unpaired) electrons. The summed E-state index contributed by atoms with van der Waals surface area (Å²) in [4.78, 5) is 3.73. The maximum Gasteiger partial charge on any atom is 0.187 e. The van der Waals surface area contributed by atoms with Crippen LogP contribution in [0.5, 0.6) is 0 Å². The molecule has 0 unspecified atom stereocenters. The van der Waals surface area contributed by atoms with E-state index in [-0.39, 0.29) is 5.41 Å². The van der Waals surface area contributed by atoms with Gasteiger partial charge < -0.3 is 0 Å². The largest absolute Gasteiger partial charge is 0.238 e. The Balaban J connectivity index is 1.87. The summed E-state index contributed by atoms with van der Waals surface area (Å²) >= 11 is 0. The van der Waals surface area contributed by atoms with E-state index in [2.05, 4.69) is 89.8 Å². The molecule has 0 atom stereocenters. The minimum Gasteiger partial charge on any atom is -0.238 e. The summed E-state index contributed by atoms with van der Waals surface area (Å²) in [5.74, 6) is 0. The molecule has 4 aromatic rings. The van der Waals surface area contributed by atoms with Crippen molar-refractivity contribution in [3.8, 4) is 22.3 Å². The van der Waals surface area contributed by atoms with Crippen LogP contribution in [-0.4, -0.2) is 0 Å². The molecule has 4 aromatic carbocycles. The zero-order valence-corrected chi connectivity index (χ0v) is 14.6. The molecular weight excluding hydrogens is 326 g/mol. The van der Waals surface area contributed by atoms with Crippen molar-refractivity contribution in [3.05, 3.63) is 125 Å². The molecule has 0 amide bonds. The fraction of sp³-hybridized carbons (Fsp3) is 0.0385. The Labute approximate surface area is 158 Å². The Morgan fingerprint density at radius 3 is 1.44 bits per heavy atom. The van der Waals surface area contributed by atoms with Gasteiger partial charge in [-0.05, 0) is 44.5 Å². The van der Waals surface area contributed by atoms with Crippen molar-refractivity contribution in [3.63, 3.8) is 0 Å². The molecule has 0 N–H and O–H groups in total. The molecule has 6 rings (SSSR count). The summed E-state index contributed by atoms with van der Waals surface area (Å²) in [7, 11) is 0. The molecule has 27 heavy (non-hydrogen) atoms. The second-order valence-corrected chi connectivity index (χ2v) is 7.23. The first kappa shape index (κ1) is 14.5. The number of fused-ring (bicyclic) bond motifs is 10. The van der Waals surface area contributed by atoms with Gasteiger partial charge in [-0.2, -0.15) is 0 Å². The van der Waals surface area contributed by atoms with E-state index in [4.69, 9.17) is 6.57 Å². The SMILES string of the molecule is [C-]#[N+]c1ccc2c(c1)C1(c3ccccc3-c3ccccc31)c1ccccc1-2. The van der Waals surface area contributed by atoms with Crippen LogP contribution in [-0.2, 0) is 5.41 Å². The van der Waals surface area contributed by atoms with Gasteiger partial charge in [0.15, 0.2) is 5.69 Å². The number of hydrogen-bond donors (Lipinski definition) is 0. The molecule has 124 valence electrons. The fourth-order valence-corrected chi connectivity index (χ4v) is 5.15. The molecule has 0 aromatic heterocycles. The molecule has 0 fully saturated rings. The molecule has 1 nitrogen and oxygen atoms in total. The lowest BCUT2D eigenvalue weighted by Crippen LogP contribution is -2.25. The van der Waals surface area contributed by atoms with Gasteiger partial charge in [-0.3, -0.25) is 0 Å². The molecule has 2 aliphatic rings. The van der Waals surface area contributed by atoms with E-state index in [0.29, 0.717) is 5.69 Å². The average Bonchev–Trinajstić information content (AvgIpc) is 3.21. The lowest BCUT2D eigenvalue weighted by molar-refractivity contribution is 0.794. The van der Waals surface area contributed by atoms with Gasteiger partial charge in [-0.1, -0.05) is 91.0 Å². The molecule has 0 saturated heterocycles. The summed E-state index contributed by atoms with van der Waals surface area (Å²) in [6, 6.07) is 32.3. The molecule has 0 aliphatic heterocycles. The normalized spacial score (nSPS) is 14.2. The Bertz CT molecular complexity index is 1230. The van der Waals surface area contributed by atoms with Crippen LogP contribution in [0.25, 0.3) is 27.1 Å². The highest BCUT2D eigenvalue weighted by Crippen LogP contribution is 2.62. The van der Waals surface area contributed by atoms with Crippen molar-refractivity contribution >= 4 is 5.69 Å². The van der Waals surface area contributed by atoms with Gasteiger partial charge in [0.1, 0.15) is 0 Å². The Morgan fingerprint density at radius 1 is 0.519 bits per heavy atom. The number of nitrogens with zero attached hydrogens (tertiary/aromatic N) is 1. The maximum atomic E-state index is 7.54. The van der Waals surface area contributed by atoms with E-state index < -0.39 is 0 Å². The van der Waals surface area contributed by atoms with Crippen LogP contribution < -0.4 is 0 Å². The minimum absolute atomic E-state index is 0.334. The van der Waals surface area contributed by atoms with Gasteiger partial charge in [0.25, 0.3) is 0 Å². The number of hydrogen-bond acceptors (Lipinski definition) is 0. The molecular formula is C26H15N. The van der Waals surface area contributed by atoms with Crippen molar-refractivity contribution in [1.29, 1.82) is 0 Å². The van der Waals surface area contributed by atoms with E-state index in [1.807, 2.05) is 6.07 Å². The van der Waals surface area contributed by atoms with Crippen LogP contribution in [0.2, 0.25) is 0 Å². The van der Waals surface area contributed by atoms with Crippen molar-refractivity contribution in [2.24, 2.45) is 0 Å². The standard InChI is InChI=1S/C26H15N/c1-27-17-14-15-21-20-10-4-7-13-24(20)26(25(21)16-17)22-11-5-2-8-18(22)19-9-3-6-12-23(19)26/h2-16H. The molecule has 0 bridgehead atoms. The second kappa shape index (κ2) is 4.96. The van der Waals surface area contributed by atoms with Gasteiger partial charge in [0, 0.05) is 0 Å². The van der Waals surface area contributed by atoms with Crippen LogP contribution in [0.15, 0.2) is 91.0 Å². The zero-order valence-electron chi connectivity index (χ0n) is 14.6. The number of rotatable bonds is 0. The monoisotopic (exact) mass is 341 g/mol. The third kappa shape index (κ3) is 1.59. The van der Waals surface area contributed by atoms with E-state index >= 15 is 0 Å². The third-order valence-electron chi connectivity index (χ3n) is 6.11. The van der Waals surface area contributed by atoms with Gasteiger partial charge in [0.2, 0.25) is 0 Å². The topological polar surface area (TPSA) is 4.36 Å². The Morgan fingerprint density at radius 2 is 0.963 bits per heavy atom. The lowest BCUT2D eigenvalue weighted by Gasteiger charge is -2.30. The van der Waals surface area contributed by atoms with Gasteiger partial charge in [-0.15, -0.1) is 0 Å². The number of benzene rings is 4. The predicted molar refractivity (Wildman–Crippen MR) is 109 cm³/mol. The molecule has 1 heteroatoms. The van der Waals surface area contributed by atoms with Crippen LogP contribution >= 0.6 is 0 Å². The van der Waals surface area contributed by atoms with Crippen molar-refractivity contribution in [2.75, 3.05) is 0 Å². The van der Waals surface area contributed by atoms with Crippen molar-refractivity contribution in [1.82, 2.24) is 0 Å². The molecule has 1 spiro atoms. The summed E-state index contributed by atoms with van der Waals surface area (Å²) in [6.07, 6.45) is 0. The second-order valence-electron chi connectivity index (χ2n) is 7.23. The zero-order chi connectivity index (χ0) is 18.0. The van der Waals surface area contributed by atoms with Gasteiger partial charge >= 0.3 is 0 Å². The summed E-state index contributed by atoms with van der Waals surface area (Å²) in [5.41, 5.74) is 10.7. The van der Waals surface area contributed by atoms with E-state index in [9.17, 15) is 0 Å². The van der Waals surface area contributed by atoms with Gasteiger partial charge in [0.05, 0.1) is 12.0 Å². The maximum absolute atomic E-state index is 7.54. The van der Waals surface area contributed by atoms with Crippen LogP contribution in [0, 0.1) is 6.57 Å². The first-order chi connectivity index (χ1) is 13.4. The Hall–Kier alpha value is -3.63. The lowest BCUT2D eigenvalue weighted by atomic mass is 9.70. The quantitative estimate of drug-likeness (QED) is 0.275. The van der Waals surface area contributed by atoms with Crippen LogP contribution in [0.1, 0.15) is 22.3 Å². The first-order valence-corrected chi connectivity index (χ1v) is 9.17. The molecule has 0 saturated carbocycles. The van der Waals surface area contributed by atoms with Crippen molar-refractivity contribution in [2.45, 2.75) is 5.41 Å². The predicted octanol–water partition coefficient (Wildman–Crippen LogP) is 6.58. The molecule has 0 heterocycles. The highest BCUT2D eigenvalue weighted by Gasteiger charge is 2.51. The van der Waals surface area contributed by atoms with E-state index in [0.717, 1.165) is 0 Å². The smallest absolute Gasteiger partial charge is 0.187 e. The molecule has 2 aliphatic carbocycles. The van der Waals surface area contributed by atoms with Crippen molar-refractivity contribution < 1.29 is 0 Å². The summed E-state index contributed by atoms with van der Waals surface area (Å²) in [6.45, 7) is 7.54. The first-order valence-electron chi connectivity index (χ1n) is 9.17. The van der Waals surface area contributed by atoms with Crippen LogP contribution in [0.3, 0.4) is 0 Å². The fourth-order valence-electron chi connectivity index (χ4n) is 5.15. The summed E-state index contributed by atoms with van der Waals surface area (Å²) in [5, 5.41) is 0. The summed E-state index contributed by atoms with van der Waals surface area (Å²) < 4.78 is 0. The minimum atomic E-state index is -0.334. The average molecular weight is 341 g/mol.